The summed E-state index contributed by atoms with van der Waals surface area (Å²) in [4.78, 5) is 25.2. The zero-order valence-corrected chi connectivity index (χ0v) is 16.0. The lowest BCUT2D eigenvalue weighted by atomic mass is 10.0. The van der Waals surface area contributed by atoms with Gasteiger partial charge in [0.1, 0.15) is 11.9 Å². The number of halogens is 6. The third kappa shape index (κ3) is 5.14. The van der Waals surface area contributed by atoms with Gasteiger partial charge in [0.25, 0.3) is 0 Å². The van der Waals surface area contributed by atoms with E-state index in [1.165, 1.54) is 4.90 Å². The Bertz CT molecular complexity index is 1010. The van der Waals surface area contributed by atoms with Crippen molar-refractivity contribution in [2.24, 2.45) is 0 Å². The van der Waals surface area contributed by atoms with Crippen LogP contribution in [0.2, 0.25) is 0 Å². The summed E-state index contributed by atoms with van der Waals surface area (Å²) in [6, 6.07) is 0.945. The Morgan fingerprint density at radius 1 is 1.10 bits per heavy atom. The first-order valence-corrected chi connectivity index (χ1v) is 9.03. The van der Waals surface area contributed by atoms with E-state index in [1.807, 2.05) is 0 Å². The molecule has 2 aromatic rings. The molecule has 1 aliphatic rings. The van der Waals surface area contributed by atoms with Crippen molar-refractivity contribution in [3.05, 3.63) is 46.8 Å². The number of carbonyl (C=O) groups is 2. The molecule has 0 saturated heterocycles. The van der Waals surface area contributed by atoms with Crippen LogP contribution in [0.3, 0.4) is 0 Å². The molecule has 0 bridgehead atoms. The van der Waals surface area contributed by atoms with Crippen LogP contribution in [0.1, 0.15) is 30.6 Å². The Kier molecular flexibility index (Phi) is 6.23. The number of ether oxygens (including phenoxy) is 1. The number of fused-ring (bicyclic) bond motifs is 1. The lowest BCUT2D eigenvalue weighted by Gasteiger charge is -2.29. The van der Waals surface area contributed by atoms with Gasteiger partial charge in [-0.2, -0.15) is 13.2 Å². The third-order valence-corrected chi connectivity index (χ3v) is 4.63. The van der Waals surface area contributed by atoms with E-state index in [0.29, 0.717) is 12.1 Å². The number of aromatic nitrogens is 3. The van der Waals surface area contributed by atoms with Crippen LogP contribution in [-0.2, 0) is 40.0 Å². The maximum atomic E-state index is 13.9. The van der Waals surface area contributed by atoms with Crippen LogP contribution in [0, 0.1) is 17.5 Å². The van der Waals surface area contributed by atoms with Crippen LogP contribution in [0.4, 0.5) is 26.3 Å². The first kappa shape index (κ1) is 22.6. The summed E-state index contributed by atoms with van der Waals surface area (Å²) in [7, 11) is 0. The van der Waals surface area contributed by atoms with Gasteiger partial charge >= 0.3 is 12.1 Å². The first-order chi connectivity index (χ1) is 14.5. The molecule has 1 amide bonds. The van der Waals surface area contributed by atoms with Gasteiger partial charge < -0.3 is 14.2 Å². The fourth-order valence-electron chi connectivity index (χ4n) is 3.26. The van der Waals surface area contributed by atoms with Gasteiger partial charge in [-0.05, 0) is 11.6 Å². The number of hydrogen-bond acceptors (Lipinski definition) is 5. The Hall–Kier alpha value is -3.12. The summed E-state index contributed by atoms with van der Waals surface area (Å²) in [5.74, 6) is -6.39. The number of alkyl halides is 3. The number of benzene rings is 1. The average molecular weight is 450 g/mol. The first-order valence-electron chi connectivity index (χ1n) is 9.03. The van der Waals surface area contributed by atoms with Gasteiger partial charge in [0.05, 0.1) is 13.0 Å². The summed E-state index contributed by atoms with van der Waals surface area (Å²) in [5, 5.41) is 6.58. The maximum Gasteiger partial charge on any atom is 0.451 e. The second-order valence-electron chi connectivity index (χ2n) is 6.90. The van der Waals surface area contributed by atoms with E-state index < -0.39 is 60.3 Å². The van der Waals surface area contributed by atoms with Gasteiger partial charge in [-0.3, -0.25) is 9.59 Å². The highest BCUT2D eigenvalue weighted by Gasteiger charge is 2.40. The third-order valence-electron chi connectivity index (χ3n) is 4.63. The van der Waals surface area contributed by atoms with Crippen LogP contribution in [-0.4, -0.2) is 44.2 Å². The number of rotatable bonds is 5. The van der Waals surface area contributed by atoms with Crippen LogP contribution < -0.4 is 0 Å². The van der Waals surface area contributed by atoms with Crippen molar-refractivity contribution in [1.82, 2.24) is 19.7 Å². The zero-order valence-electron chi connectivity index (χ0n) is 16.0. The predicted molar refractivity (Wildman–Crippen MR) is 90.6 cm³/mol. The largest absolute Gasteiger partial charge is 0.462 e. The van der Waals surface area contributed by atoms with Crippen LogP contribution in [0.25, 0.3) is 0 Å². The molecule has 1 aromatic heterocycles. The van der Waals surface area contributed by atoms with Crippen molar-refractivity contribution in [2.45, 2.75) is 45.1 Å². The molecule has 2 heterocycles. The molecule has 1 aliphatic heterocycles. The van der Waals surface area contributed by atoms with E-state index in [1.54, 1.807) is 0 Å². The highest BCUT2D eigenvalue weighted by Crippen LogP contribution is 2.29. The molecule has 31 heavy (non-hydrogen) atoms. The number of carbonyl (C=O) groups excluding carboxylic acids is 2. The number of nitrogens with zero attached hydrogens (tertiary/aromatic N) is 4. The normalized spacial score (nSPS) is 14.9. The molecule has 7 nitrogen and oxygen atoms in total. The summed E-state index contributed by atoms with van der Waals surface area (Å²) in [6.07, 6.45) is -6.74. The van der Waals surface area contributed by atoms with Crippen molar-refractivity contribution >= 4 is 11.9 Å². The van der Waals surface area contributed by atoms with Crippen molar-refractivity contribution in [2.75, 3.05) is 6.54 Å². The van der Waals surface area contributed by atoms with E-state index >= 15 is 0 Å². The molecule has 1 aromatic carbocycles. The van der Waals surface area contributed by atoms with E-state index in [9.17, 15) is 35.9 Å². The highest BCUT2D eigenvalue weighted by atomic mass is 19.4. The SMILES string of the molecule is CC(=O)O[C@H](CC(=O)N1CCn2c(nnc2C(F)(F)F)C1)Cc1cc(F)c(F)cc1F. The van der Waals surface area contributed by atoms with Crippen LogP contribution in [0.5, 0.6) is 0 Å². The second-order valence-corrected chi connectivity index (χ2v) is 6.90. The summed E-state index contributed by atoms with van der Waals surface area (Å²) >= 11 is 0. The lowest BCUT2D eigenvalue weighted by Crippen LogP contribution is -2.41. The number of hydrogen-bond donors (Lipinski definition) is 0. The molecule has 0 saturated carbocycles. The maximum absolute atomic E-state index is 13.9. The topological polar surface area (TPSA) is 77.3 Å². The molecule has 0 aliphatic carbocycles. The standard InChI is InChI=1S/C18H16F6N4O3/c1-9(29)31-11(4-10-5-13(20)14(21)7-12(10)19)6-16(30)27-2-3-28-15(8-27)25-26-17(28)18(22,23)24/h5,7,11H,2-4,6,8H2,1H3/t11-/m0/s1. The van der Waals surface area contributed by atoms with Gasteiger partial charge in [0, 0.05) is 32.5 Å². The predicted octanol–water partition coefficient (Wildman–Crippen LogP) is 2.62. The molecule has 0 N–H and O–H groups in total. The van der Waals surface area contributed by atoms with Crippen LogP contribution in [0.15, 0.2) is 12.1 Å². The fourth-order valence-corrected chi connectivity index (χ4v) is 3.26. The van der Waals surface area contributed by atoms with Crippen LogP contribution >= 0.6 is 0 Å². The Morgan fingerprint density at radius 2 is 1.77 bits per heavy atom. The number of esters is 1. The summed E-state index contributed by atoms with van der Waals surface area (Å²) in [5.41, 5.74) is -0.300. The highest BCUT2D eigenvalue weighted by molar-refractivity contribution is 5.77. The molecule has 168 valence electrons. The van der Waals surface area contributed by atoms with E-state index in [-0.39, 0.29) is 31.0 Å². The van der Waals surface area contributed by atoms with E-state index in [4.69, 9.17) is 4.74 Å². The van der Waals surface area contributed by atoms with Crippen molar-refractivity contribution < 1.29 is 40.7 Å². The van der Waals surface area contributed by atoms with E-state index in [2.05, 4.69) is 10.2 Å². The molecule has 13 heteroatoms. The molecular formula is C18H16F6N4O3. The van der Waals surface area contributed by atoms with Gasteiger partial charge in [0.2, 0.25) is 11.7 Å². The molecule has 0 spiro atoms. The Labute approximate surface area is 171 Å². The minimum Gasteiger partial charge on any atom is -0.462 e. The van der Waals surface area contributed by atoms with Crippen molar-refractivity contribution in [3.63, 3.8) is 0 Å². The molecule has 0 unspecified atom stereocenters. The second kappa shape index (κ2) is 8.55. The van der Waals surface area contributed by atoms with Gasteiger partial charge in [0.15, 0.2) is 17.5 Å². The van der Waals surface area contributed by atoms with Gasteiger partial charge in [-0.1, -0.05) is 0 Å². The van der Waals surface area contributed by atoms with Gasteiger partial charge in [-0.15, -0.1) is 10.2 Å². The molecule has 3 rings (SSSR count). The smallest absolute Gasteiger partial charge is 0.451 e. The fraction of sp³-hybridized carbons (Fsp3) is 0.444. The minimum absolute atomic E-state index is 0.0670. The Balaban J connectivity index is 1.72. The monoisotopic (exact) mass is 450 g/mol. The van der Waals surface area contributed by atoms with Crippen molar-refractivity contribution in [1.29, 1.82) is 0 Å². The molecule has 1 atom stereocenters. The molecule has 0 fully saturated rings. The zero-order chi connectivity index (χ0) is 22.9. The molecule has 0 radical (unpaired) electrons. The number of amides is 1. The summed E-state index contributed by atoms with van der Waals surface area (Å²) < 4.78 is 85.1. The summed E-state index contributed by atoms with van der Waals surface area (Å²) in [6.45, 7) is 0.521. The van der Waals surface area contributed by atoms with Crippen molar-refractivity contribution in [3.8, 4) is 0 Å². The Morgan fingerprint density at radius 3 is 2.42 bits per heavy atom. The minimum atomic E-state index is -4.69. The quantitative estimate of drug-likeness (QED) is 0.398. The van der Waals surface area contributed by atoms with Gasteiger partial charge in [-0.25, -0.2) is 13.2 Å². The lowest BCUT2D eigenvalue weighted by molar-refractivity contribution is -0.149. The van der Waals surface area contributed by atoms with E-state index in [0.717, 1.165) is 11.5 Å². The molecular weight excluding hydrogens is 434 g/mol. The average Bonchev–Trinajstić information content (AvgIpc) is 3.09.